The van der Waals surface area contributed by atoms with Crippen molar-refractivity contribution in [2.24, 2.45) is 5.92 Å². The monoisotopic (exact) mass is 269 g/mol. The molecular weight excluding hydrogens is 242 g/mol. The molecule has 0 aromatic heterocycles. The summed E-state index contributed by atoms with van der Waals surface area (Å²) >= 11 is 0. The van der Waals surface area contributed by atoms with Crippen molar-refractivity contribution in [3.8, 4) is 0 Å². The lowest BCUT2D eigenvalue weighted by Gasteiger charge is -2.36. The van der Waals surface area contributed by atoms with Gasteiger partial charge in [-0.05, 0) is 45.4 Å². The van der Waals surface area contributed by atoms with Crippen molar-refractivity contribution in [1.82, 2.24) is 5.32 Å². The van der Waals surface area contributed by atoms with Crippen molar-refractivity contribution in [3.63, 3.8) is 0 Å². The van der Waals surface area contributed by atoms with Gasteiger partial charge in [-0.1, -0.05) is 12.8 Å². The molecule has 0 atom stereocenters. The van der Waals surface area contributed by atoms with Crippen molar-refractivity contribution in [1.29, 1.82) is 0 Å². The third-order valence-electron chi connectivity index (χ3n) is 4.61. The maximum absolute atomic E-state index is 11.7. The molecule has 0 spiro atoms. The number of nitrogens with one attached hydrogen (secondary N) is 1. The number of hydrogen-bond acceptors (Lipinski definition) is 4. The molecular formula is C15H27NO3. The van der Waals surface area contributed by atoms with Crippen LogP contribution >= 0.6 is 0 Å². The second-order valence-electron chi connectivity index (χ2n) is 6.11. The van der Waals surface area contributed by atoms with E-state index in [4.69, 9.17) is 4.74 Å². The lowest BCUT2D eigenvalue weighted by Crippen LogP contribution is -2.46. The zero-order chi connectivity index (χ0) is 13.7. The van der Waals surface area contributed by atoms with E-state index >= 15 is 0 Å². The Labute approximate surface area is 115 Å². The third-order valence-corrected chi connectivity index (χ3v) is 4.61. The summed E-state index contributed by atoms with van der Waals surface area (Å²) in [5.41, 5.74) is -0.619. The molecule has 0 aliphatic heterocycles. The van der Waals surface area contributed by atoms with E-state index in [0.29, 0.717) is 32.0 Å². The van der Waals surface area contributed by atoms with Crippen LogP contribution in [-0.2, 0) is 9.53 Å². The largest absolute Gasteiger partial charge is 0.466 e. The Morgan fingerprint density at radius 3 is 2.47 bits per heavy atom. The number of aliphatic hydroxyl groups is 1. The summed E-state index contributed by atoms with van der Waals surface area (Å²) < 4.78 is 5.05. The molecule has 0 unspecified atom stereocenters. The highest BCUT2D eigenvalue weighted by Gasteiger charge is 2.36. The van der Waals surface area contributed by atoms with Crippen LogP contribution in [0, 0.1) is 5.92 Å². The topological polar surface area (TPSA) is 58.6 Å². The summed E-state index contributed by atoms with van der Waals surface area (Å²) in [6, 6.07) is 0.590. The smallest absolute Gasteiger partial charge is 0.308 e. The van der Waals surface area contributed by atoms with Crippen LogP contribution in [0.2, 0.25) is 0 Å². The highest BCUT2D eigenvalue weighted by molar-refractivity contribution is 5.72. The quantitative estimate of drug-likeness (QED) is 0.750. The molecule has 2 rings (SSSR count). The van der Waals surface area contributed by atoms with Crippen LogP contribution in [0.4, 0.5) is 0 Å². The van der Waals surface area contributed by atoms with E-state index in [1.54, 1.807) is 0 Å². The lowest BCUT2D eigenvalue weighted by molar-refractivity contribution is -0.151. The molecule has 4 nitrogen and oxygen atoms in total. The Kier molecular flexibility index (Phi) is 5.22. The van der Waals surface area contributed by atoms with E-state index in [1.807, 2.05) is 6.92 Å². The van der Waals surface area contributed by atoms with E-state index < -0.39 is 5.60 Å². The van der Waals surface area contributed by atoms with Gasteiger partial charge in [0.25, 0.3) is 0 Å². The second kappa shape index (κ2) is 6.71. The van der Waals surface area contributed by atoms with E-state index in [2.05, 4.69) is 5.32 Å². The molecule has 0 radical (unpaired) electrons. The average molecular weight is 269 g/mol. The highest BCUT2D eigenvalue weighted by Crippen LogP contribution is 2.33. The first kappa shape index (κ1) is 14.8. The van der Waals surface area contributed by atoms with Gasteiger partial charge in [0.05, 0.1) is 18.1 Å². The average Bonchev–Trinajstić information content (AvgIpc) is 2.91. The lowest BCUT2D eigenvalue weighted by atomic mass is 9.78. The minimum Gasteiger partial charge on any atom is -0.466 e. The molecule has 0 heterocycles. The van der Waals surface area contributed by atoms with Gasteiger partial charge < -0.3 is 15.2 Å². The van der Waals surface area contributed by atoms with Gasteiger partial charge in [-0.25, -0.2) is 0 Å². The molecule has 0 aromatic rings. The first-order chi connectivity index (χ1) is 9.13. The minimum absolute atomic E-state index is 0.00768. The van der Waals surface area contributed by atoms with Gasteiger partial charge >= 0.3 is 5.97 Å². The fourth-order valence-corrected chi connectivity index (χ4v) is 3.29. The Bertz CT molecular complexity index is 292. The Morgan fingerprint density at radius 2 is 1.89 bits per heavy atom. The van der Waals surface area contributed by atoms with Crippen molar-refractivity contribution in [3.05, 3.63) is 0 Å². The van der Waals surface area contributed by atoms with Gasteiger partial charge in [-0.2, -0.15) is 0 Å². The first-order valence-electron chi connectivity index (χ1n) is 7.75. The van der Waals surface area contributed by atoms with Crippen LogP contribution in [0.5, 0.6) is 0 Å². The number of carbonyl (C=O) groups is 1. The maximum Gasteiger partial charge on any atom is 0.308 e. The van der Waals surface area contributed by atoms with Crippen LogP contribution in [-0.4, -0.2) is 35.9 Å². The SMILES string of the molecule is CCOC(=O)C1CCC(O)(CNC2CCCC2)CC1. The molecule has 2 aliphatic carbocycles. The molecule has 2 N–H and O–H groups in total. The molecule has 2 saturated carbocycles. The normalized spacial score (nSPS) is 32.4. The Balaban J connectivity index is 1.72. The van der Waals surface area contributed by atoms with Gasteiger partial charge in [0, 0.05) is 12.6 Å². The Hall–Kier alpha value is -0.610. The zero-order valence-corrected chi connectivity index (χ0v) is 12.0. The van der Waals surface area contributed by atoms with Crippen LogP contribution in [0.15, 0.2) is 0 Å². The number of hydrogen-bond donors (Lipinski definition) is 2. The maximum atomic E-state index is 11.7. The number of carbonyl (C=O) groups excluding carboxylic acids is 1. The fraction of sp³-hybridized carbons (Fsp3) is 0.933. The van der Waals surface area contributed by atoms with Gasteiger partial charge in [0.15, 0.2) is 0 Å². The summed E-state index contributed by atoms with van der Waals surface area (Å²) in [6.07, 6.45) is 8.00. The van der Waals surface area contributed by atoms with Crippen molar-refractivity contribution >= 4 is 5.97 Å². The predicted molar refractivity (Wildman–Crippen MR) is 73.8 cm³/mol. The summed E-state index contributed by atoms with van der Waals surface area (Å²) in [4.78, 5) is 11.7. The van der Waals surface area contributed by atoms with Crippen molar-refractivity contribution in [2.75, 3.05) is 13.2 Å². The molecule has 2 fully saturated rings. The van der Waals surface area contributed by atoms with Gasteiger partial charge in [0.1, 0.15) is 0 Å². The van der Waals surface area contributed by atoms with Gasteiger partial charge in [-0.15, -0.1) is 0 Å². The first-order valence-corrected chi connectivity index (χ1v) is 7.75. The minimum atomic E-state index is -0.619. The number of ether oxygens (including phenoxy) is 1. The van der Waals surface area contributed by atoms with Crippen LogP contribution in [0.25, 0.3) is 0 Å². The molecule has 0 saturated heterocycles. The molecule has 2 aliphatic rings. The highest BCUT2D eigenvalue weighted by atomic mass is 16.5. The second-order valence-corrected chi connectivity index (χ2v) is 6.11. The van der Waals surface area contributed by atoms with E-state index in [9.17, 15) is 9.90 Å². The van der Waals surface area contributed by atoms with Crippen LogP contribution < -0.4 is 5.32 Å². The summed E-state index contributed by atoms with van der Waals surface area (Å²) in [6.45, 7) is 2.96. The summed E-state index contributed by atoms with van der Waals surface area (Å²) in [5, 5.41) is 14.0. The molecule has 0 aromatic carbocycles. The predicted octanol–water partition coefficient (Wildman–Crippen LogP) is 2.00. The van der Waals surface area contributed by atoms with Crippen LogP contribution in [0.3, 0.4) is 0 Å². The zero-order valence-electron chi connectivity index (χ0n) is 12.0. The number of rotatable bonds is 5. The van der Waals surface area contributed by atoms with Gasteiger partial charge in [-0.3, -0.25) is 4.79 Å². The van der Waals surface area contributed by atoms with E-state index in [-0.39, 0.29) is 11.9 Å². The standard InChI is InChI=1S/C15H27NO3/c1-2-19-14(17)12-7-9-15(18,10-8-12)11-16-13-5-3-4-6-13/h12-13,16,18H,2-11H2,1H3. The van der Waals surface area contributed by atoms with Gasteiger partial charge in [0.2, 0.25) is 0 Å². The molecule has 0 bridgehead atoms. The van der Waals surface area contributed by atoms with Crippen molar-refractivity contribution in [2.45, 2.75) is 69.9 Å². The molecule has 0 amide bonds. The van der Waals surface area contributed by atoms with Crippen molar-refractivity contribution < 1.29 is 14.6 Å². The Morgan fingerprint density at radius 1 is 1.26 bits per heavy atom. The van der Waals surface area contributed by atoms with E-state index in [1.165, 1.54) is 25.7 Å². The number of esters is 1. The van der Waals surface area contributed by atoms with Crippen LogP contribution in [0.1, 0.15) is 58.3 Å². The summed E-state index contributed by atoms with van der Waals surface area (Å²) in [5.74, 6) is -0.0972. The third kappa shape index (κ3) is 4.18. The molecule has 19 heavy (non-hydrogen) atoms. The fourth-order valence-electron chi connectivity index (χ4n) is 3.29. The molecule has 110 valence electrons. The summed E-state index contributed by atoms with van der Waals surface area (Å²) in [7, 11) is 0. The molecule has 4 heteroatoms. The van der Waals surface area contributed by atoms with E-state index in [0.717, 1.165) is 12.8 Å².